The van der Waals surface area contributed by atoms with Crippen LogP contribution >= 0.6 is 0 Å². The number of nitrogens with one attached hydrogen (secondary N) is 1. The van der Waals surface area contributed by atoms with Gasteiger partial charge in [-0.1, -0.05) is 6.07 Å². The van der Waals surface area contributed by atoms with Crippen LogP contribution in [0.5, 0.6) is 0 Å². The number of hydrogen-bond donors (Lipinski definition) is 2. The summed E-state index contributed by atoms with van der Waals surface area (Å²) in [4.78, 5) is 2.40. The molecule has 0 saturated carbocycles. The molecule has 0 aromatic heterocycles. The van der Waals surface area contributed by atoms with Crippen molar-refractivity contribution < 1.29 is 0 Å². The van der Waals surface area contributed by atoms with Gasteiger partial charge >= 0.3 is 0 Å². The Bertz CT molecular complexity index is 368. The lowest BCUT2D eigenvalue weighted by molar-refractivity contribution is 0.226. The maximum Gasteiger partial charge on any atom is 0.0364 e. The van der Waals surface area contributed by atoms with E-state index in [0.29, 0.717) is 0 Å². The summed E-state index contributed by atoms with van der Waals surface area (Å²) in [5, 5.41) is 3.50. The Kier molecular flexibility index (Phi) is 3.89. The van der Waals surface area contributed by atoms with E-state index < -0.39 is 0 Å². The topological polar surface area (TPSA) is 41.3 Å². The molecular weight excluding hydrogens is 210 g/mol. The summed E-state index contributed by atoms with van der Waals surface area (Å²) in [6, 6.07) is 6.22. The van der Waals surface area contributed by atoms with Crippen LogP contribution in [0.1, 0.15) is 18.4 Å². The number of nitrogen functional groups attached to an aromatic ring is 1. The van der Waals surface area contributed by atoms with Gasteiger partial charge in [0.05, 0.1) is 0 Å². The minimum Gasteiger partial charge on any atom is -0.398 e. The second-order valence-electron chi connectivity index (χ2n) is 5.20. The van der Waals surface area contributed by atoms with E-state index >= 15 is 0 Å². The van der Waals surface area contributed by atoms with Crippen molar-refractivity contribution in [2.45, 2.75) is 19.8 Å². The summed E-state index contributed by atoms with van der Waals surface area (Å²) < 4.78 is 0. The number of nitrogens with two attached hydrogens (primary N) is 1. The van der Waals surface area contributed by atoms with E-state index in [1.54, 1.807) is 0 Å². The molecule has 2 rings (SSSR count). The standard InChI is InChI=1S/C14H23N3/c1-11-3-4-13(9-14(11)15)16-10-12-5-7-17(2)8-6-12/h3-4,9,12,16H,5-8,10,15H2,1-2H3. The van der Waals surface area contributed by atoms with E-state index in [1.165, 1.54) is 25.9 Å². The number of piperidine rings is 1. The molecule has 0 bridgehead atoms. The van der Waals surface area contributed by atoms with Gasteiger partial charge in [0, 0.05) is 17.9 Å². The van der Waals surface area contributed by atoms with Crippen LogP contribution in [0.15, 0.2) is 18.2 Å². The monoisotopic (exact) mass is 233 g/mol. The van der Waals surface area contributed by atoms with Crippen LogP contribution < -0.4 is 11.1 Å². The molecule has 0 atom stereocenters. The Labute approximate surface area is 104 Å². The predicted molar refractivity (Wildman–Crippen MR) is 74.3 cm³/mol. The van der Waals surface area contributed by atoms with Gasteiger partial charge in [-0.3, -0.25) is 0 Å². The molecule has 94 valence electrons. The summed E-state index contributed by atoms with van der Waals surface area (Å²) in [6.07, 6.45) is 2.59. The van der Waals surface area contributed by atoms with Gasteiger partial charge in [-0.15, -0.1) is 0 Å². The van der Waals surface area contributed by atoms with Crippen LogP contribution in [0, 0.1) is 12.8 Å². The van der Waals surface area contributed by atoms with Crippen LogP contribution in [0.3, 0.4) is 0 Å². The lowest BCUT2D eigenvalue weighted by Crippen LogP contribution is -2.32. The Balaban J connectivity index is 1.83. The first-order chi connectivity index (χ1) is 8.15. The summed E-state index contributed by atoms with van der Waals surface area (Å²) >= 11 is 0. The summed E-state index contributed by atoms with van der Waals surface area (Å²) in [6.45, 7) is 5.55. The SMILES string of the molecule is Cc1ccc(NCC2CCN(C)CC2)cc1N. The third-order valence-corrected chi connectivity index (χ3v) is 3.71. The quantitative estimate of drug-likeness (QED) is 0.787. The van der Waals surface area contributed by atoms with E-state index in [4.69, 9.17) is 5.73 Å². The molecule has 0 unspecified atom stereocenters. The van der Waals surface area contributed by atoms with Crippen molar-refractivity contribution in [3.05, 3.63) is 23.8 Å². The van der Waals surface area contributed by atoms with Crippen LogP contribution in [0.25, 0.3) is 0 Å². The Morgan fingerprint density at radius 2 is 2.06 bits per heavy atom. The van der Waals surface area contributed by atoms with E-state index in [2.05, 4.69) is 29.4 Å². The number of rotatable bonds is 3. The highest BCUT2D eigenvalue weighted by Gasteiger charge is 2.16. The molecule has 3 heteroatoms. The highest BCUT2D eigenvalue weighted by molar-refractivity contribution is 5.58. The van der Waals surface area contributed by atoms with Gasteiger partial charge in [0.1, 0.15) is 0 Å². The number of likely N-dealkylation sites (tertiary alicyclic amines) is 1. The average molecular weight is 233 g/mol. The molecule has 1 aromatic carbocycles. The molecule has 1 fully saturated rings. The molecule has 0 amide bonds. The van der Waals surface area contributed by atoms with Crippen molar-refractivity contribution in [2.24, 2.45) is 5.92 Å². The van der Waals surface area contributed by atoms with Gasteiger partial charge < -0.3 is 16.0 Å². The lowest BCUT2D eigenvalue weighted by atomic mass is 9.97. The van der Waals surface area contributed by atoms with Crippen molar-refractivity contribution in [1.82, 2.24) is 4.90 Å². The molecule has 1 aromatic rings. The van der Waals surface area contributed by atoms with Gasteiger partial charge in [-0.05, 0) is 63.5 Å². The summed E-state index contributed by atoms with van der Waals surface area (Å²) in [5.74, 6) is 0.800. The van der Waals surface area contributed by atoms with Crippen molar-refractivity contribution >= 4 is 11.4 Å². The number of benzene rings is 1. The number of hydrogen-bond acceptors (Lipinski definition) is 3. The van der Waals surface area contributed by atoms with E-state index in [-0.39, 0.29) is 0 Å². The zero-order valence-corrected chi connectivity index (χ0v) is 10.9. The zero-order chi connectivity index (χ0) is 12.3. The number of anilines is 2. The molecule has 3 N–H and O–H groups in total. The second-order valence-corrected chi connectivity index (χ2v) is 5.20. The molecule has 1 heterocycles. The normalized spacial score (nSPS) is 18.2. The smallest absolute Gasteiger partial charge is 0.0364 e. The maximum atomic E-state index is 5.90. The third kappa shape index (κ3) is 3.37. The van der Waals surface area contributed by atoms with Gasteiger partial charge in [-0.2, -0.15) is 0 Å². The predicted octanol–water partition coefficient (Wildman–Crippen LogP) is 2.33. The van der Waals surface area contributed by atoms with Crippen LogP contribution in [-0.4, -0.2) is 31.6 Å². The Hall–Kier alpha value is -1.22. The van der Waals surface area contributed by atoms with Crippen LogP contribution in [0.4, 0.5) is 11.4 Å². The van der Waals surface area contributed by atoms with E-state index in [9.17, 15) is 0 Å². The van der Waals surface area contributed by atoms with Crippen molar-refractivity contribution in [1.29, 1.82) is 0 Å². The van der Waals surface area contributed by atoms with Crippen molar-refractivity contribution in [2.75, 3.05) is 37.7 Å². The minimum atomic E-state index is 0.800. The lowest BCUT2D eigenvalue weighted by Gasteiger charge is -2.29. The molecule has 1 saturated heterocycles. The minimum absolute atomic E-state index is 0.800. The second kappa shape index (κ2) is 5.41. The third-order valence-electron chi connectivity index (χ3n) is 3.71. The van der Waals surface area contributed by atoms with Crippen molar-refractivity contribution in [3.8, 4) is 0 Å². The molecule has 1 aliphatic rings. The van der Waals surface area contributed by atoms with Gasteiger partial charge in [-0.25, -0.2) is 0 Å². The molecule has 0 spiro atoms. The van der Waals surface area contributed by atoms with Gasteiger partial charge in [0.15, 0.2) is 0 Å². The zero-order valence-electron chi connectivity index (χ0n) is 10.9. The summed E-state index contributed by atoms with van der Waals surface area (Å²) in [5.41, 5.74) is 9.07. The van der Waals surface area contributed by atoms with Gasteiger partial charge in [0.2, 0.25) is 0 Å². The van der Waals surface area contributed by atoms with Crippen LogP contribution in [-0.2, 0) is 0 Å². The molecule has 3 nitrogen and oxygen atoms in total. The van der Waals surface area contributed by atoms with E-state index in [0.717, 1.165) is 29.4 Å². The fraction of sp³-hybridized carbons (Fsp3) is 0.571. The molecule has 0 radical (unpaired) electrons. The van der Waals surface area contributed by atoms with Crippen LogP contribution in [0.2, 0.25) is 0 Å². The Morgan fingerprint density at radius 1 is 1.35 bits per heavy atom. The number of aryl methyl sites for hydroxylation is 1. The molecule has 1 aliphatic heterocycles. The highest BCUT2D eigenvalue weighted by Crippen LogP contribution is 2.20. The highest BCUT2D eigenvalue weighted by atomic mass is 15.1. The number of nitrogens with zero attached hydrogens (tertiary/aromatic N) is 1. The molecular formula is C14H23N3. The fourth-order valence-corrected chi connectivity index (χ4v) is 2.28. The van der Waals surface area contributed by atoms with Crippen molar-refractivity contribution in [3.63, 3.8) is 0 Å². The fourth-order valence-electron chi connectivity index (χ4n) is 2.28. The maximum absolute atomic E-state index is 5.90. The average Bonchev–Trinajstić information content (AvgIpc) is 2.33. The van der Waals surface area contributed by atoms with E-state index in [1.807, 2.05) is 13.0 Å². The molecule has 0 aliphatic carbocycles. The first kappa shape index (κ1) is 12.2. The largest absolute Gasteiger partial charge is 0.398 e. The Morgan fingerprint density at radius 3 is 2.71 bits per heavy atom. The first-order valence-corrected chi connectivity index (χ1v) is 6.43. The summed E-state index contributed by atoms with van der Waals surface area (Å²) in [7, 11) is 2.20. The first-order valence-electron chi connectivity index (χ1n) is 6.43. The van der Waals surface area contributed by atoms with Gasteiger partial charge in [0.25, 0.3) is 0 Å². The molecule has 17 heavy (non-hydrogen) atoms.